The maximum atomic E-state index is 13.6. The summed E-state index contributed by atoms with van der Waals surface area (Å²) < 4.78 is 18.7. The molecule has 0 amide bonds. The molecule has 3 N–H and O–H groups in total. The third-order valence-corrected chi connectivity index (χ3v) is 3.29. The highest BCUT2D eigenvalue weighted by Crippen LogP contribution is 2.60. The lowest BCUT2D eigenvalue weighted by atomic mass is 9.77. The summed E-state index contributed by atoms with van der Waals surface area (Å²) in [5.41, 5.74) is 0.372. The first-order valence-corrected chi connectivity index (χ1v) is 5.21. The molecule has 1 heterocycles. The number of carbonyl (C=O) groups is 1. The Morgan fingerprint density at radius 3 is 3.12 bits per heavy atom. The Bertz CT molecular complexity index is 509. The molecule has 0 radical (unpaired) electrons. The summed E-state index contributed by atoms with van der Waals surface area (Å²) in [5.74, 6) is 3.18. The van der Waals surface area contributed by atoms with Crippen LogP contribution in [0.15, 0.2) is 12.1 Å². The fourth-order valence-corrected chi connectivity index (χ4v) is 2.34. The van der Waals surface area contributed by atoms with Gasteiger partial charge < -0.3 is 14.5 Å². The van der Waals surface area contributed by atoms with Crippen LogP contribution in [0.5, 0.6) is 5.75 Å². The normalized spacial score (nSPS) is 24.5. The van der Waals surface area contributed by atoms with E-state index in [9.17, 15) is 14.2 Å². The lowest BCUT2D eigenvalue weighted by Gasteiger charge is -2.21. The van der Waals surface area contributed by atoms with Gasteiger partial charge in [-0.25, -0.2) is 9.18 Å². The quantitative estimate of drug-likeness (QED) is 0.551. The van der Waals surface area contributed by atoms with Crippen molar-refractivity contribution < 1.29 is 23.7 Å². The molecule has 17 heavy (non-hydrogen) atoms. The molecule has 2 unspecified atom stereocenters. The number of nitrogens with two attached hydrogens (primary N) is 1. The van der Waals surface area contributed by atoms with E-state index < -0.39 is 18.9 Å². The van der Waals surface area contributed by atoms with Gasteiger partial charge in [-0.05, 0) is 24.0 Å². The fourth-order valence-electron chi connectivity index (χ4n) is 2.34. The van der Waals surface area contributed by atoms with Crippen LogP contribution < -0.4 is 10.6 Å². The van der Waals surface area contributed by atoms with Gasteiger partial charge in [0.15, 0.2) is 0 Å². The zero-order valence-corrected chi connectivity index (χ0v) is 8.72. The van der Waals surface area contributed by atoms with E-state index in [4.69, 9.17) is 10.6 Å². The second kappa shape index (κ2) is 3.45. The summed E-state index contributed by atoms with van der Waals surface area (Å²) in [5, 5.41) is 9.61. The second-order valence-corrected chi connectivity index (χ2v) is 4.26. The largest absolute Gasteiger partial charge is 0.535 e. The number of fused-ring (bicyclic) bond motifs is 3. The van der Waals surface area contributed by atoms with Gasteiger partial charge in [0, 0.05) is 5.82 Å². The highest BCUT2D eigenvalue weighted by Gasteiger charge is 2.54. The van der Waals surface area contributed by atoms with Gasteiger partial charge in [0.05, 0.1) is 0 Å². The van der Waals surface area contributed by atoms with Crippen LogP contribution >= 0.6 is 0 Å². The van der Waals surface area contributed by atoms with E-state index in [-0.39, 0.29) is 23.0 Å². The molecule has 1 saturated carbocycles. The SMILES string of the molecule is NOC(=O)c1c(F)ccc2c1OB(O)C1CC21. The van der Waals surface area contributed by atoms with Gasteiger partial charge in [0.1, 0.15) is 17.1 Å². The predicted molar refractivity (Wildman–Crippen MR) is 55.7 cm³/mol. The summed E-state index contributed by atoms with van der Waals surface area (Å²) in [7, 11) is -1.00. The number of rotatable bonds is 1. The van der Waals surface area contributed by atoms with Gasteiger partial charge in [-0.2, -0.15) is 5.90 Å². The molecule has 2 atom stereocenters. The van der Waals surface area contributed by atoms with Gasteiger partial charge in [0.2, 0.25) is 0 Å². The smallest absolute Gasteiger partial charge is 0.526 e. The fraction of sp³-hybridized carbons (Fsp3) is 0.300. The molecule has 7 heteroatoms. The third kappa shape index (κ3) is 1.43. The molecule has 1 aromatic rings. The van der Waals surface area contributed by atoms with Crippen molar-refractivity contribution in [1.82, 2.24) is 0 Å². The van der Waals surface area contributed by atoms with Gasteiger partial charge >= 0.3 is 13.1 Å². The average Bonchev–Trinajstić information content (AvgIpc) is 3.09. The monoisotopic (exact) mass is 237 g/mol. The van der Waals surface area contributed by atoms with Gasteiger partial charge in [-0.15, -0.1) is 0 Å². The van der Waals surface area contributed by atoms with Crippen molar-refractivity contribution in [2.45, 2.75) is 18.2 Å². The first-order valence-electron chi connectivity index (χ1n) is 5.21. The molecule has 88 valence electrons. The molecule has 2 aliphatic rings. The van der Waals surface area contributed by atoms with E-state index in [1.165, 1.54) is 6.07 Å². The van der Waals surface area contributed by atoms with Crippen LogP contribution in [0, 0.1) is 5.82 Å². The number of carbonyl (C=O) groups excluding carboxylic acids is 1. The first kappa shape index (κ1) is 10.6. The minimum Gasteiger partial charge on any atom is -0.535 e. The van der Waals surface area contributed by atoms with Gasteiger partial charge in [-0.3, -0.25) is 0 Å². The Morgan fingerprint density at radius 1 is 1.65 bits per heavy atom. The molecule has 0 spiro atoms. The standard InChI is InChI=1S/C10H9BFNO4/c12-7-2-1-4-5-3-6(5)11(15)16-9(4)8(7)10(14)17-13/h1-2,5-6,15H,3,13H2. The van der Waals surface area contributed by atoms with Gasteiger partial charge in [-0.1, -0.05) is 6.07 Å². The number of benzene rings is 1. The van der Waals surface area contributed by atoms with Crippen molar-refractivity contribution in [3.8, 4) is 5.75 Å². The highest BCUT2D eigenvalue weighted by molar-refractivity contribution is 6.48. The summed E-state index contributed by atoms with van der Waals surface area (Å²) in [6.45, 7) is 0. The van der Waals surface area contributed by atoms with Crippen LogP contribution in [-0.2, 0) is 4.84 Å². The number of hydrogen-bond donors (Lipinski definition) is 2. The zero-order chi connectivity index (χ0) is 12.2. The molecular formula is C10H9BFNO4. The Labute approximate surface area is 96.4 Å². The molecule has 0 bridgehead atoms. The summed E-state index contributed by atoms with van der Waals surface area (Å²) in [4.78, 5) is 15.4. The molecule has 1 aliphatic carbocycles. The maximum Gasteiger partial charge on any atom is 0.526 e. The Morgan fingerprint density at radius 2 is 2.41 bits per heavy atom. The molecule has 0 saturated heterocycles. The van der Waals surface area contributed by atoms with Crippen molar-refractivity contribution >= 4 is 13.1 Å². The molecule has 3 rings (SSSR count). The highest BCUT2D eigenvalue weighted by atomic mass is 19.1. The number of hydrogen-bond acceptors (Lipinski definition) is 5. The van der Waals surface area contributed by atoms with Crippen LogP contribution in [0.3, 0.4) is 0 Å². The van der Waals surface area contributed by atoms with Crippen molar-refractivity contribution in [2.24, 2.45) is 5.90 Å². The molecule has 1 fully saturated rings. The maximum absolute atomic E-state index is 13.6. The molecule has 1 aromatic carbocycles. The van der Waals surface area contributed by atoms with Crippen molar-refractivity contribution in [3.63, 3.8) is 0 Å². The lowest BCUT2D eigenvalue weighted by Crippen LogP contribution is -2.28. The minimum absolute atomic E-state index is 0.0368. The molecular weight excluding hydrogens is 228 g/mol. The van der Waals surface area contributed by atoms with E-state index in [1.54, 1.807) is 6.07 Å². The van der Waals surface area contributed by atoms with Crippen LogP contribution in [-0.4, -0.2) is 18.1 Å². The van der Waals surface area contributed by atoms with Gasteiger partial charge in [0.25, 0.3) is 0 Å². The summed E-state index contributed by atoms with van der Waals surface area (Å²) >= 11 is 0. The topological polar surface area (TPSA) is 81.8 Å². The number of halogens is 1. The minimum atomic E-state index is -1.01. The second-order valence-electron chi connectivity index (χ2n) is 4.26. The first-order chi connectivity index (χ1) is 8.13. The Balaban J connectivity index is 2.15. The lowest BCUT2D eigenvalue weighted by molar-refractivity contribution is 0.0495. The summed E-state index contributed by atoms with van der Waals surface area (Å²) in [6, 6.07) is 2.75. The van der Waals surface area contributed by atoms with Crippen LogP contribution in [0.25, 0.3) is 0 Å². The zero-order valence-electron chi connectivity index (χ0n) is 8.72. The molecule has 5 nitrogen and oxygen atoms in total. The van der Waals surface area contributed by atoms with Crippen molar-refractivity contribution in [3.05, 3.63) is 29.1 Å². The third-order valence-electron chi connectivity index (χ3n) is 3.29. The molecule has 1 aliphatic heterocycles. The van der Waals surface area contributed by atoms with Crippen LogP contribution in [0.4, 0.5) is 4.39 Å². The average molecular weight is 237 g/mol. The van der Waals surface area contributed by atoms with E-state index in [2.05, 4.69) is 4.84 Å². The summed E-state index contributed by atoms with van der Waals surface area (Å²) in [6.07, 6.45) is 0.775. The van der Waals surface area contributed by atoms with E-state index in [0.717, 1.165) is 12.0 Å². The van der Waals surface area contributed by atoms with E-state index >= 15 is 0 Å². The Kier molecular flexibility index (Phi) is 2.14. The van der Waals surface area contributed by atoms with Crippen LogP contribution in [0.1, 0.15) is 28.3 Å². The predicted octanol–water partition coefficient (Wildman–Crippen LogP) is 0.587. The van der Waals surface area contributed by atoms with E-state index in [1.807, 2.05) is 0 Å². The van der Waals surface area contributed by atoms with E-state index in [0.29, 0.717) is 0 Å². The van der Waals surface area contributed by atoms with Crippen molar-refractivity contribution in [1.29, 1.82) is 0 Å². The van der Waals surface area contributed by atoms with Crippen LogP contribution in [0.2, 0.25) is 5.82 Å². The molecule has 0 aromatic heterocycles. The van der Waals surface area contributed by atoms with Crippen molar-refractivity contribution in [2.75, 3.05) is 0 Å². The Hall–Kier alpha value is -1.60.